The van der Waals surface area contributed by atoms with Crippen molar-refractivity contribution >= 4 is 40.9 Å². The Hall–Kier alpha value is -3.96. The van der Waals surface area contributed by atoms with Crippen LogP contribution in [-0.4, -0.2) is 148 Å². The van der Waals surface area contributed by atoms with Crippen molar-refractivity contribution in [2.75, 3.05) is 62.0 Å². The van der Waals surface area contributed by atoms with Gasteiger partial charge in [-0.1, -0.05) is 85.2 Å². The Balaban J connectivity index is 1.82. The van der Waals surface area contributed by atoms with Gasteiger partial charge in [-0.2, -0.15) is 0 Å². The summed E-state index contributed by atoms with van der Waals surface area (Å²) in [5.74, 6) is -1.96. The van der Waals surface area contributed by atoms with Crippen LogP contribution in [0.2, 0.25) is 0 Å². The number of thiazole rings is 1. The number of rotatable bonds is 25. The minimum Gasteiger partial charge on any atom is -0.379 e. The smallest absolute Gasteiger partial charge is 0.270 e. The Kier molecular flexibility index (Phi) is 21.4. The average molecular weight is 885 g/mol. The molecule has 2 aromatic rings. The third-order valence-electron chi connectivity index (χ3n) is 12.3. The van der Waals surface area contributed by atoms with Gasteiger partial charge in [0, 0.05) is 46.3 Å². The van der Waals surface area contributed by atoms with Crippen LogP contribution in [0, 0.1) is 23.7 Å². The van der Waals surface area contributed by atoms with Gasteiger partial charge in [-0.3, -0.25) is 28.9 Å². The van der Waals surface area contributed by atoms with Crippen molar-refractivity contribution in [2.24, 2.45) is 23.7 Å². The molecule has 5 amide bonds. The molecule has 16 heteroatoms. The van der Waals surface area contributed by atoms with E-state index in [9.17, 15) is 24.0 Å². The van der Waals surface area contributed by atoms with Crippen molar-refractivity contribution in [2.45, 2.75) is 123 Å². The summed E-state index contributed by atoms with van der Waals surface area (Å²) in [4.78, 5) is 79.3. The number of hydrogen-bond donors (Lipinski definition) is 4. The van der Waals surface area contributed by atoms with E-state index in [1.165, 1.54) is 11.3 Å². The number of methoxy groups -OCH3 is 2. The molecule has 0 aliphatic carbocycles. The number of likely N-dealkylation sites (N-methyl/N-ethyl adjacent to an activating group) is 3. The second kappa shape index (κ2) is 25.4. The molecule has 9 atom stereocenters. The van der Waals surface area contributed by atoms with Gasteiger partial charge in [0.2, 0.25) is 23.6 Å². The number of amides is 5. The highest BCUT2D eigenvalue weighted by Crippen LogP contribution is 2.31. The number of aromatic nitrogens is 1. The molecule has 1 aromatic heterocycles. The van der Waals surface area contributed by atoms with Crippen LogP contribution < -0.4 is 21.3 Å². The van der Waals surface area contributed by atoms with Gasteiger partial charge in [0.05, 0.1) is 48.7 Å². The monoisotopic (exact) mass is 885 g/mol. The highest BCUT2D eigenvalue weighted by atomic mass is 32.1. The molecule has 3 rings (SSSR count). The van der Waals surface area contributed by atoms with Gasteiger partial charge in [-0.15, -0.1) is 11.3 Å². The Morgan fingerprint density at radius 2 is 1.60 bits per heavy atom. The molecule has 1 saturated heterocycles. The third-order valence-corrected chi connectivity index (χ3v) is 13.2. The molecule has 1 unspecified atom stereocenters. The zero-order valence-corrected chi connectivity index (χ0v) is 40.3. The SMILES string of the molecule is CC[C@H](C)[C@@H]([C@@H](CC(=O)N1CCC[C@H]1[C@H](OC)[C@@H](C)C(=O)N[C@@H](Cc1ccccc1)c1nc(C(=O)NCCNC)cs1)OC)N(C)C(=O)[C@@H](NC(=O)C(C(C)C)N(C)C)C(C)C. The minimum atomic E-state index is -0.774. The lowest BCUT2D eigenvalue weighted by Crippen LogP contribution is -2.59. The summed E-state index contributed by atoms with van der Waals surface area (Å²) in [6, 6.07) is 7.26. The molecule has 348 valence electrons. The standard InChI is InChI=1S/C46H76N8O7S/c1-14-30(6)40(53(11)46(59)38(28(2)3)51-44(58)39(29(4)5)52(9)10)36(60-12)26-37(55)54-24-18-21-35(54)41(61-13)31(7)42(56)49-33(25-32-19-16-15-17-20-32)45-50-34(27-62-45)43(57)48-23-22-47-8/h15-17,19-20,27-31,33,35-36,38-41,47H,14,18,21-26H2,1-13H3,(H,48,57)(H,49,56)(H,51,58)/t30-,31+,33-,35-,36+,38-,39?,40-,41+/m0/s1. The molecular weight excluding hydrogens is 809 g/mol. The molecule has 1 aromatic carbocycles. The summed E-state index contributed by atoms with van der Waals surface area (Å²) < 4.78 is 12.1. The van der Waals surface area contributed by atoms with Crippen LogP contribution in [0.4, 0.5) is 0 Å². The molecule has 4 N–H and O–H groups in total. The normalized spacial score (nSPS) is 18.1. The van der Waals surface area contributed by atoms with Crippen LogP contribution >= 0.6 is 11.3 Å². The van der Waals surface area contributed by atoms with Gasteiger partial charge in [-0.05, 0) is 63.7 Å². The van der Waals surface area contributed by atoms with E-state index in [2.05, 4.69) is 26.3 Å². The number of hydrogen-bond acceptors (Lipinski definition) is 11. The van der Waals surface area contributed by atoms with Crippen LogP contribution in [0.1, 0.15) is 101 Å². The Labute approximate surface area is 374 Å². The maximum absolute atomic E-state index is 14.4. The minimum absolute atomic E-state index is 0.0134. The molecule has 1 fully saturated rings. The summed E-state index contributed by atoms with van der Waals surface area (Å²) in [5.41, 5.74) is 1.30. The molecule has 15 nitrogen and oxygen atoms in total. The summed E-state index contributed by atoms with van der Waals surface area (Å²) in [6.45, 7) is 15.3. The van der Waals surface area contributed by atoms with Crippen LogP contribution in [0.25, 0.3) is 0 Å². The Morgan fingerprint density at radius 3 is 2.16 bits per heavy atom. The maximum atomic E-state index is 14.4. The Bertz CT molecular complexity index is 1720. The molecule has 0 radical (unpaired) electrons. The van der Waals surface area contributed by atoms with E-state index in [4.69, 9.17) is 9.47 Å². The number of carbonyl (C=O) groups is 5. The van der Waals surface area contributed by atoms with Crippen molar-refractivity contribution in [1.29, 1.82) is 0 Å². The first kappa shape index (κ1) is 52.4. The zero-order chi connectivity index (χ0) is 46.3. The topological polar surface area (TPSA) is 175 Å². The summed E-state index contributed by atoms with van der Waals surface area (Å²) >= 11 is 1.32. The first-order chi connectivity index (χ1) is 29.4. The zero-order valence-electron chi connectivity index (χ0n) is 39.5. The summed E-state index contributed by atoms with van der Waals surface area (Å²) in [7, 11) is 10.4. The predicted octanol–water partition coefficient (Wildman–Crippen LogP) is 4.14. The van der Waals surface area contributed by atoms with Crippen LogP contribution in [-0.2, 0) is 35.1 Å². The van der Waals surface area contributed by atoms with Gasteiger partial charge in [0.15, 0.2) is 0 Å². The van der Waals surface area contributed by atoms with E-state index in [0.29, 0.717) is 43.2 Å². The van der Waals surface area contributed by atoms with Gasteiger partial charge in [0.1, 0.15) is 16.7 Å². The predicted molar refractivity (Wildman–Crippen MR) is 245 cm³/mol. The van der Waals surface area contributed by atoms with E-state index < -0.39 is 42.3 Å². The highest BCUT2D eigenvalue weighted by Gasteiger charge is 2.43. The lowest BCUT2D eigenvalue weighted by molar-refractivity contribution is -0.148. The molecule has 62 heavy (non-hydrogen) atoms. The first-order valence-corrected chi connectivity index (χ1v) is 23.1. The van der Waals surface area contributed by atoms with Crippen molar-refractivity contribution in [1.82, 2.24) is 41.0 Å². The molecular formula is C46H76N8O7S. The van der Waals surface area contributed by atoms with Crippen LogP contribution in [0.3, 0.4) is 0 Å². The molecule has 2 heterocycles. The largest absolute Gasteiger partial charge is 0.379 e. The maximum Gasteiger partial charge on any atom is 0.270 e. The summed E-state index contributed by atoms with van der Waals surface area (Å²) in [6.07, 6.45) is 1.34. The van der Waals surface area contributed by atoms with E-state index >= 15 is 0 Å². The summed E-state index contributed by atoms with van der Waals surface area (Å²) in [5, 5.41) is 14.4. The van der Waals surface area contributed by atoms with Gasteiger partial charge in [0.25, 0.3) is 5.91 Å². The lowest BCUT2D eigenvalue weighted by atomic mass is 9.89. The van der Waals surface area contributed by atoms with E-state index in [1.807, 2.05) is 110 Å². The number of nitrogens with one attached hydrogen (secondary N) is 4. The average Bonchev–Trinajstić information content (AvgIpc) is 3.93. The molecule has 1 aliphatic rings. The first-order valence-electron chi connectivity index (χ1n) is 22.2. The van der Waals surface area contributed by atoms with E-state index in [-0.39, 0.29) is 59.8 Å². The second-order valence-electron chi connectivity index (χ2n) is 17.7. The molecule has 0 bridgehead atoms. The van der Waals surface area contributed by atoms with Gasteiger partial charge in [-0.25, -0.2) is 4.98 Å². The van der Waals surface area contributed by atoms with Gasteiger partial charge < -0.3 is 40.5 Å². The number of ether oxygens (including phenoxy) is 2. The van der Waals surface area contributed by atoms with E-state index in [0.717, 1.165) is 18.4 Å². The number of carbonyl (C=O) groups excluding carboxylic acids is 5. The molecule has 0 spiro atoms. The van der Waals surface area contributed by atoms with Gasteiger partial charge >= 0.3 is 0 Å². The van der Waals surface area contributed by atoms with Crippen molar-refractivity contribution < 1.29 is 33.4 Å². The number of likely N-dealkylation sites (tertiary alicyclic amines) is 1. The quantitative estimate of drug-likeness (QED) is 0.106. The fraction of sp³-hybridized carbons (Fsp3) is 0.696. The van der Waals surface area contributed by atoms with Crippen LogP contribution in [0.5, 0.6) is 0 Å². The fourth-order valence-corrected chi connectivity index (χ4v) is 9.56. The fourth-order valence-electron chi connectivity index (χ4n) is 8.71. The van der Waals surface area contributed by atoms with E-state index in [1.54, 1.807) is 31.5 Å². The Morgan fingerprint density at radius 1 is 0.919 bits per heavy atom. The molecule has 0 saturated carbocycles. The van der Waals surface area contributed by atoms with Crippen molar-refractivity contribution in [3.63, 3.8) is 0 Å². The number of benzene rings is 1. The third kappa shape index (κ3) is 14.0. The number of nitrogens with zero attached hydrogens (tertiary/aromatic N) is 4. The van der Waals surface area contributed by atoms with Crippen LogP contribution in [0.15, 0.2) is 35.7 Å². The van der Waals surface area contributed by atoms with Crippen molar-refractivity contribution in [3.05, 3.63) is 52.0 Å². The second-order valence-corrected chi connectivity index (χ2v) is 18.5. The lowest BCUT2D eigenvalue weighted by Gasteiger charge is -2.41. The highest BCUT2D eigenvalue weighted by molar-refractivity contribution is 7.09. The molecule has 1 aliphatic heterocycles. The van der Waals surface area contributed by atoms with Crippen molar-refractivity contribution in [3.8, 4) is 0 Å².